The van der Waals surface area contributed by atoms with Crippen molar-refractivity contribution in [2.45, 2.75) is 10.8 Å². The highest BCUT2D eigenvalue weighted by molar-refractivity contribution is 6.06. The van der Waals surface area contributed by atoms with Gasteiger partial charge in [0.05, 0.1) is 10.8 Å². The van der Waals surface area contributed by atoms with Gasteiger partial charge < -0.3 is 18.8 Å². The molecule has 66 heavy (non-hydrogen) atoms. The summed E-state index contributed by atoms with van der Waals surface area (Å²) in [6.07, 6.45) is 0. The molecule has 2 aliphatic heterocycles. The summed E-state index contributed by atoms with van der Waals surface area (Å²) in [5.41, 5.74) is 17.9. The van der Waals surface area contributed by atoms with Gasteiger partial charge in [0.25, 0.3) is 0 Å². The maximum atomic E-state index is 6.72. The smallest absolute Gasteiger partial charge is 0.137 e. The van der Waals surface area contributed by atoms with Crippen LogP contribution in [-0.2, 0) is 10.8 Å². The zero-order valence-corrected chi connectivity index (χ0v) is 35.5. The average molecular weight is 844 g/mol. The second-order valence-electron chi connectivity index (χ2n) is 17.9. The molecular formula is C62H37NO3. The molecule has 3 heterocycles. The van der Waals surface area contributed by atoms with Gasteiger partial charge in [0.2, 0.25) is 0 Å². The van der Waals surface area contributed by atoms with Gasteiger partial charge >= 0.3 is 0 Å². The van der Waals surface area contributed by atoms with Crippen molar-refractivity contribution in [2.24, 2.45) is 0 Å². The predicted molar refractivity (Wildman–Crippen MR) is 263 cm³/mol. The molecule has 0 atom stereocenters. The first-order valence-corrected chi connectivity index (χ1v) is 22.7. The minimum absolute atomic E-state index is 0.624. The molecule has 11 aromatic rings. The number of furan rings is 1. The van der Waals surface area contributed by atoms with Crippen LogP contribution in [0.2, 0.25) is 0 Å². The standard InChI is InChI=1S/C62H37NO3/c1-4-18-47-41(15-1)43-32-29-38(35-53(43)61(47)49-20-6-11-25-56(49)65-57-26-12-7-21-50(57)61)63(40-31-34-46-45-17-3-10-24-55(45)64-60(46)37-40)39-30-33-44-42-16-2-5-19-48(42)62(54(44)36-39)51-22-8-13-27-58(51)66-59-28-14-9-23-52(59)62/h1-37H. The molecule has 0 radical (unpaired) electrons. The summed E-state index contributed by atoms with van der Waals surface area (Å²) >= 11 is 0. The van der Waals surface area contributed by atoms with E-state index in [0.29, 0.717) is 0 Å². The van der Waals surface area contributed by atoms with E-state index in [9.17, 15) is 0 Å². The van der Waals surface area contributed by atoms with E-state index in [2.05, 4.69) is 223 Å². The van der Waals surface area contributed by atoms with Crippen LogP contribution in [0.1, 0.15) is 44.5 Å². The highest BCUT2D eigenvalue weighted by atomic mass is 16.5. The van der Waals surface area contributed by atoms with E-state index >= 15 is 0 Å². The van der Waals surface area contributed by atoms with Crippen LogP contribution in [0, 0.1) is 0 Å². The zero-order chi connectivity index (χ0) is 43.1. The fraction of sp³-hybridized carbons (Fsp3) is 0.0323. The number of para-hydroxylation sites is 5. The topological polar surface area (TPSA) is 34.8 Å². The van der Waals surface area contributed by atoms with Gasteiger partial charge in [-0.05, 0) is 111 Å². The van der Waals surface area contributed by atoms with Crippen molar-refractivity contribution in [2.75, 3.05) is 4.90 Å². The van der Waals surface area contributed by atoms with Gasteiger partial charge in [-0.2, -0.15) is 0 Å². The molecule has 4 heteroatoms. The monoisotopic (exact) mass is 843 g/mol. The molecule has 308 valence electrons. The Morgan fingerprint density at radius 3 is 1.14 bits per heavy atom. The Labute approximate surface area is 381 Å². The number of benzene rings is 10. The summed E-state index contributed by atoms with van der Waals surface area (Å²) < 4.78 is 20.1. The Morgan fingerprint density at radius 1 is 0.273 bits per heavy atom. The Balaban J connectivity index is 1.02. The number of nitrogens with zero attached hydrogens (tertiary/aromatic N) is 1. The highest BCUT2D eigenvalue weighted by Gasteiger charge is 2.53. The number of hydrogen-bond acceptors (Lipinski definition) is 4. The van der Waals surface area contributed by atoms with Crippen molar-refractivity contribution < 1.29 is 13.9 Å². The molecule has 4 nitrogen and oxygen atoms in total. The molecule has 0 bridgehead atoms. The normalized spacial score (nSPS) is 14.5. The molecule has 0 N–H and O–H groups in total. The van der Waals surface area contributed by atoms with Crippen LogP contribution >= 0.6 is 0 Å². The highest BCUT2D eigenvalue weighted by Crippen LogP contribution is 2.65. The van der Waals surface area contributed by atoms with Gasteiger partial charge in [0, 0.05) is 56.2 Å². The summed E-state index contributed by atoms with van der Waals surface area (Å²) in [4.78, 5) is 2.43. The molecular weight excluding hydrogens is 807 g/mol. The SMILES string of the molecule is c1ccc2c(c1)Oc1ccccc1C21c2ccccc2-c2ccc(N(c3ccc4c(c3)C3(c5ccccc5Oc5ccccc53)c3ccccc3-4)c3ccc4c(c3)oc3ccccc34)cc21. The predicted octanol–water partition coefficient (Wildman–Crippen LogP) is 16.0. The first-order chi connectivity index (χ1) is 32.7. The molecule has 10 aromatic carbocycles. The Hall–Kier alpha value is -8.60. The van der Waals surface area contributed by atoms with E-state index in [1.807, 2.05) is 6.07 Å². The Morgan fingerprint density at radius 2 is 0.636 bits per heavy atom. The molecule has 2 aliphatic carbocycles. The lowest BCUT2D eigenvalue weighted by atomic mass is 9.66. The lowest BCUT2D eigenvalue weighted by Gasteiger charge is -2.40. The van der Waals surface area contributed by atoms with E-state index in [0.717, 1.165) is 84.3 Å². The lowest BCUT2D eigenvalue weighted by molar-refractivity contribution is 0.436. The molecule has 0 amide bonds. The van der Waals surface area contributed by atoms with Crippen LogP contribution in [-0.4, -0.2) is 0 Å². The van der Waals surface area contributed by atoms with Gasteiger partial charge in [-0.1, -0.05) is 152 Å². The Bertz CT molecular complexity index is 3590. The largest absolute Gasteiger partial charge is 0.457 e. The van der Waals surface area contributed by atoms with Gasteiger partial charge in [-0.25, -0.2) is 0 Å². The molecule has 2 spiro atoms. The molecule has 15 rings (SSSR count). The lowest BCUT2D eigenvalue weighted by Crippen LogP contribution is -2.32. The van der Waals surface area contributed by atoms with E-state index < -0.39 is 10.8 Å². The summed E-state index contributed by atoms with van der Waals surface area (Å²) in [5, 5.41) is 2.20. The van der Waals surface area contributed by atoms with Crippen molar-refractivity contribution in [3.8, 4) is 45.3 Å². The average Bonchev–Trinajstić information content (AvgIpc) is 3.99. The minimum atomic E-state index is -0.624. The van der Waals surface area contributed by atoms with E-state index in [4.69, 9.17) is 13.9 Å². The quantitative estimate of drug-likeness (QED) is 0.177. The summed E-state index contributed by atoms with van der Waals surface area (Å²) in [5.74, 6) is 3.49. The molecule has 0 saturated heterocycles. The first kappa shape index (κ1) is 35.8. The van der Waals surface area contributed by atoms with Crippen LogP contribution in [0.5, 0.6) is 23.0 Å². The van der Waals surface area contributed by atoms with E-state index in [-0.39, 0.29) is 0 Å². The third kappa shape index (κ3) is 4.48. The van der Waals surface area contributed by atoms with Crippen molar-refractivity contribution in [3.05, 3.63) is 269 Å². The third-order valence-electron chi connectivity index (χ3n) is 14.8. The minimum Gasteiger partial charge on any atom is -0.457 e. The molecule has 4 aliphatic rings. The van der Waals surface area contributed by atoms with Gasteiger partial charge in [0.15, 0.2) is 0 Å². The van der Waals surface area contributed by atoms with Gasteiger partial charge in [-0.3, -0.25) is 0 Å². The molecule has 1 aromatic heterocycles. The fourth-order valence-corrected chi connectivity index (χ4v) is 12.3. The molecule has 0 fully saturated rings. The van der Waals surface area contributed by atoms with Crippen molar-refractivity contribution >= 4 is 39.0 Å². The summed E-state index contributed by atoms with van der Waals surface area (Å²) in [6, 6.07) is 81.2. The second kappa shape index (κ2) is 13.0. The van der Waals surface area contributed by atoms with Crippen LogP contribution in [0.3, 0.4) is 0 Å². The maximum Gasteiger partial charge on any atom is 0.137 e. The maximum absolute atomic E-state index is 6.72. The van der Waals surface area contributed by atoms with Crippen molar-refractivity contribution in [1.29, 1.82) is 0 Å². The van der Waals surface area contributed by atoms with E-state index in [1.54, 1.807) is 0 Å². The number of hydrogen-bond donors (Lipinski definition) is 0. The zero-order valence-electron chi connectivity index (χ0n) is 35.5. The second-order valence-corrected chi connectivity index (χ2v) is 17.9. The molecule has 0 saturated carbocycles. The summed E-state index contributed by atoms with van der Waals surface area (Å²) in [7, 11) is 0. The Kier molecular flexibility index (Phi) is 7.05. The molecule has 0 unspecified atom stereocenters. The van der Waals surface area contributed by atoms with Gasteiger partial charge in [0.1, 0.15) is 34.2 Å². The number of anilines is 3. The van der Waals surface area contributed by atoms with Crippen LogP contribution in [0.25, 0.3) is 44.2 Å². The van der Waals surface area contributed by atoms with Gasteiger partial charge in [-0.15, -0.1) is 0 Å². The first-order valence-electron chi connectivity index (χ1n) is 22.7. The van der Waals surface area contributed by atoms with Crippen molar-refractivity contribution in [1.82, 2.24) is 0 Å². The number of ether oxygens (including phenoxy) is 2. The van der Waals surface area contributed by atoms with Crippen molar-refractivity contribution in [3.63, 3.8) is 0 Å². The van der Waals surface area contributed by atoms with Crippen LogP contribution < -0.4 is 14.4 Å². The van der Waals surface area contributed by atoms with Crippen LogP contribution in [0.4, 0.5) is 17.1 Å². The number of fused-ring (bicyclic) bond motifs is 21. The fourth-order valence-electron chi connectivity index (χ4n) is 12.3. The third-order valence-corrected chi connectivity index (χ3v) is 14.8. The summed E-state index contributed by atoms with van der Waals surface area (Å²) in [6.45, 7) is 0. The number of rotatable bonds is 3. The van der Waals surface area contributed by atoms with Crippen LogP contribution in [0.15, 0.2) is 229 Å². The van der Waals surface area contributed by atoms with E-state index in [1.165, 1.54) is 44.5 Å².